The van der Waals surface area contributed by atoms with Crippen LogP contribution in [-0.4, -0.2) is 7.11 Å². The molecule has 1 aromatic carbocycles. The van der Waals surface area contributed by atoms with E-state index in [0.717, 1.165) is 11.1 Å². The Hall–Kier alpha value is -1.53. The Balaban J connectivity index is 3.31. The molecule has 2 N–H and O–H groups in total. The number of hydrogen-bond donors (Lipinski definition) is 1. The fourth-order valence-corrected chi connectivity index (χ4v) is 1.32. The van der Waals surface area contributed by atoms with Crippen molar-refractivity contribution in [2.24, 2.45) is 5.73 Å². The quantitative estimate of drug-likeness (QED) is 0.739. The van der Waals surface area contributed by atoms with Gasteiger partial charge in [0.05, 0.1) is 12.7 Å². The van der Waals surface area contributed by atoms with Crippen molar-refractivity contribution < 1.29 is 4.74 Å². The highest BCUT2D eigenvalue weighted by molar-refractivity contribution is 5.50. The van der Waals surface area contributed by atoms with Gasteiger partial charge in [0.2, 0.25) is 0 Å². The Morgan fingerprint density at radius 1 is 1.54 bits per heavy atom. The third-order valence-corrected chi connectivity index (χ3v) is 1.89. The minimum absolute atomic E-state index is 0.444. The fourth-order valence-electron chi connectivity index (χ4n) is 1.32. The minimum atomic E-state index is 0.444. The van der Waals surface area contributed by atoms with Gasteiger partial charge in [-0.25, -0.2) is 0 Å². The number of hydrogen-bond acceptors (Lipinski definition) is 3. The van der Waals surface area contributed by atoms with Crippen LogP contribution < -0.4 is 10.5 Å². The number of methoxy groups -OCH3 is 1. The Labute approximate surface area is 77.7 Å². The number of benzene rings is 1. The Morgan fingerprint density at radius 2 is 2.23 bits per heavy atom. The minimum Gasteiger partial charge on any atom is -0.495 e. The van der Waals surface area contributed by atoms with Gasteiger partial charge in [0.1, 0.15) is 11.8 Å². The highest BCUT2D eigenvalue weighted by atomic mass is 16.5. The van der Waals surface area contributed by atoms with Gasteiger partial charge in [0, 0.05) is 6.54 Å². The molecule has 3 heteroatoms. The second kappa shape index (κ2) is 3.92. The summed E-state index contributed by atoms with van der Waals surface area (Å²) in [5.74, 6) is 0.639. The summed E-state index contributed by atoms with van der Waals surface area (Å²) in [5, 5.41) is 8.82. The van der Waals surface area contributed by atoms with E-state index in [1.807, 2.05) is 13.0 Å². The van der Waals surface area contributed by atoms with E-state index in [0.29, 0.717) is 17.9 Å². The molecule has 0 radical (unpaired) electrons. The lowest BCUT2D eigenvalue weighted by molar-refractivity contribution is 0.410. The van der Waals surface area contributed by atoms with Gasteiger partial charge in [-0.15, -0.1) is 0 Å². The summed E-state index contributed by atoms with van der Waals surface area (Å²) < 4.78 is 5.10. The molecular weight excluding hydrogens is 164 g/mol. The van der Waals surface area contributed by atoms with Crippen molar-refractivity contribution >= 4 is 0 Å². The average molecular weight is 176 g/mol. The number of nitrogens with zero attached hydrogens (tertiary/aromatic N) is 1. The maximum atomic E-state index is 8.82. The van der Waals surface area contributed by atoms with E-state index in [1.54, 1.807) is 13.2 Å². The summed E-state index contributed by atoms with van der Waals surface area (Å²) in [5.41, 5.74) is 7.93. The van der Waals surface area contributed by atoms with E-state index >= 15 is 0 Å². The molecule has 0 aliphatic carbocycles. The molecule has 0 aliphatic heterocycles. The molecule has 0 aliphatic rings. The van der Waals surface area contributed by atoms with Crippen molar-refractivity contribution in [2.45, 2.75) is 13.5 Å². The SMILES string of the molecule is COc1c(C)cc(CN)cc1C#N. The van der Waals surface area contributed by atoms with Crippen LogP contribution in [0.5, 0.6) is 5.75 Å². The van der Waals surface area contributed by atoms with Crippen LogP contribution in [0, 0.1) is 18.3 Å². The first-order valence-electron chi connectivity index (χ1n) is 4.00. The number of nitriles is 1. The maximum Gasteiger partial charge on any atom is 0.139 e. The topological polar surface area (TPSA) is 59.0 Å². The number of ether oxygens (including phenoxy) is 1. The molecule has 0 spiro atoms. The van der Waals surface area contributed by atoms with Crippen molar-refractivity contribution in [3.05, 3.63) is 28.8 Å². The van der Waals surface area contributed by atoms with Crippen LogP contribution in [-0.2, 0) is 6.54 Å². The van der Waals surface area contributed by atoms with Crippen molar-refractivity contribution in [3.8, 4) is 11.8 Å². The second-order valence-electron chi connectivity index (χ2n) is 2.81. The van der Waals surface area contributed by atoms with Crippen LogP contribution in [0.1, 0.15) is 16.7 Å². The first-order chi connectivity index (χ1) is 6.22. The highest BCUT2D eigenvalue weighted by Crippen LogP contribution is 2.24. The van der Waals surface area contributed by atoms with Crippen LogP contribution in [0.2, 0.25) is 0 Å². The third kappa shape index (κ3) is 1.79. The van der Waals surface area contributed by atoms with Gasteiger partial charge in [-0.3, -0.25) is 0 Å². The maximum absolute atomic E-state index is 8.82. The summed E-state index contributed by atoms with van der Waals surface area (Å²) in [6.07, 6.45) is 0. The summed E-state index contributed by atoms with van der Waals surface area (Å²) in [6.45, 7) is 2.35. The van der Waals surface area contributed by atoms with Gasteiger partial charge < -0.3 is 10.5 Å². The van der Waals surface area contributed by atoms with Crippen molar-refractivity contribution in [1.82, 2.24) is 0 Å². The molecule has 0 saturated heterocycles. The molecular formula is C10H12N2O. The van der Waals surface area contributed by atoms with Crippen LogP contribution in [0.3, 0.4) is 0 Å². The zero-order valence-corrected chi connectivity index (χ0v) is 7.79. The predicted octanol–water partition coefficient (Wildman–Crippen LogP) is 1.33. The Bertz CT molecular complexity index is 353. The summed E-state index contributed by atoms with van der Waals surface area (Å²) >= 11 is 0. The van der Waals surface area contributed by atoms with E-state index in [-0.39, 0.29) is 0 Å². The standard InChI is InChI=1S/C10H12N2O/c1-7-3-8(5-11)4-9(6-12)10(7)13-2/h3-4H,5,11H2,1-2H3. The van der Waals surface area contributed by atoms with Gasteiger partial charge in [-0.2, -0.15) is 5.26 Å². The second-order valence-corrected chi connectivity index (χ2v) is 2.81. The first kappa shape index (κ1) is 9.56. The summed E-state index contributed by atoms with van der Waals surface area (Å²) in [4.78, 5) is 0. The van der Waals surface area contributed by atoms with Crippen LogP contribution in [0.4, 0.5) is 0 Å². The lowest BCUT2D eigenvalue weighted by Crippen LogP contribution is -1.99. The van der Waals surface area contributed by atoms with E-state index < -0.39 is 0 Å². The van der Waals surface area contributed by atoms with Crippen molar-refractivity contribution in [1.29, 1.82) is 5.26 Å². The van der Waals surface area contributed by atoms with E-state index in [9.17, 15) is 0 Å². The number of rotatable bonds is 2. The predicted molar refractivity (Wildman–Crippen MR) is 50.3 cm³/mol. The summed E-state index contributed by atoms with van der Waals surface area (Å²) in [6, 6.07) is 5.77. The molecule has 0 bridgehead atoms. The molecule has 0 atom stereocenters. The molecule has 0 fully saturated rings. The van der Waals surface area contributed by atoms with E-state index in [2.05, 4.69) is 6.07 Å². The zero-order valence-electron chi connectivity index (χ0n) is 7.79. The molecule has 0 unspecified atom stereocenters. The van der Waals surface area contributed by atoms with Gasteiger partial charge in [0.25, 0.3) is 0 Å². The first-order valence-corrected chi connectivity index (χ1v) is 4.00. The molecule has 1 rings (SSSR count). The molecule has 0 aromatic heterocycles. The summed E-state index contributed by atoms with van der Waals surface area (Å²) in [7, 11) is 1.56. The third-order valence-electron chi connectivity index (χ3n) is 1.89. The largest absolute Gasteiger partial charge is 0.495 e. The lowest BCUT2D eigenvalue weighted by atomic mass is 10.1. The van der Waals surface area contributed by atoms with Gasteiger partial charge in [-0.05, 0) is 24.1 Å². The van der Waals surface area contributed by atoms with Crippen LogP contribution >= 0.6 is 0 Å². The normalized spacial score (nSPS) is 9.38. The molecule has 0 amide bonds. The van der Waals surface area contributed by atoms with Crippen molar-refractivity contribution in [3.63, 3.8) is 0 Å². The monoisotopic (exact) mass is 176 g/mol. The molecule has 13 heavy (non-hydrogen) atoms. The van der Waals surface area contributed by atoms with Crippen LogP contribution in [0.25, 0.3) is 0 Å². The highest BCUT2D eigenvalue weighted by Gasteiger charge is 2.06. The molecule has 0 saturated carbocycles. The van der Waals surface area contributed by atoms with Gasteiger partial charge in [-0.1, -0.05) is 6.07 Å². The molecule has 0 heterocycles. The zero-order chi connectivity index (χ0) is 9.84. The molecule has 1 aromatic rings. The fraction of sp³-hybridized carbons (Fsp3) is 0.300. The van der Waals surface area contributed by atoms with Gasteiger partial charge in [0.15, 0.2) is 0 Å². The van der Waals surface area contributed by atoms with Gasteiger partial charge >= 0.3 is 0 Å². The number of nitrogens with two attached hydrogens (primary N) is 1. The van der Waals surface area contributed by atoms with Crippen molar-refractivity contribution in [2.75, 3.05) is 7.11 Å². The Kier molecular flexibility index (Phi) is 2.88. The van der Waals surface area contributed by atoms with E-state index in [1.165, 1.54) is 0 Å². The number of aryl methyl sites for hydroxylation is 1. The molecule has 3 nitrogen and oxygen atoms in total. The Morgan fingerprint density at radius 3 is 2.69 bits per heavy atom. The van der Waals surface area contributed by atoms with E-state index in [4.69, 9.17) is 15.7 Å². The van der Waals surface area contributed by atoms with Crippen LogP contribution in [0.15, 0.2) is 12.1 Å². The average Bonchev–Trinajstić information content (AvgIpc) is 2.16. The lowest BCUT2D eigenvalue weighted by Gasteiger charge is -2.08. The molecule has 68 valence electrons. The smallest absolute Gasteiger partial charge is 0.139 e.